The summed E-state index contributed by atoms with van der Waals surface area (Å²) in [4.78, 5) is 17.0. The Morgan fingerprint density at radius 2 is 1.82 bits per heavy atom. The van der Waals surface area contributed by atoms with Crippen molar-refractivity contribution in [3.05, 3.63) is 80.7 Å². The lowest BCUT2D eigenvalue weighted by Gasteiger charge is -2.10. The number of aryl methyl sites for hydroxylation is 4. The van der Waals surface area contributed by atoms with E-state index in [9.17, 15) is 4.79 Å². The Hall–Kier alpha value is -2.59. The molecular weight excluding hydrogens is 366 g/mol. The predicted octanol–water partition coefficient (Wildman–Crippen LogP) is 5.74. The maximum atomic E-state index is 12.1. The van der Waals surface area contributed by atoms with Gasteiger partial charge in [-0.15, -0.1) is 11.8 Å². The molecule has 140 valence electrons. The average molecular weight is 388 g/mol. The zero-order chi connectivity index (χ0) is 19.3. The molecule has 4 aromatic rings. The summed E-state index contributed by atoms with van der Waals surface area (Å²) in [5, 5.41) is 3.24. The van der Waals surface area contributed by atoms with Gasteiger partial charge >= 0.3 is 5.63 Å². The number of aromatic nitrogens is 1. The molecule has 0 N–H and O–H groups in total. The number of rotatable bonds is 3. The minimum Gasteiger partial charge on any atom is -0.423 e. The lowest BCUT2D eigenvalue weighted by atomic mass is 10.0. The predicted molar refractivity (Wildman–Crippen MR) is 115 cm³/mol. The second-order valence-electron chi connectivity index (χ2n) is 7.60. The Morgan fingerprint density at radius 1 is 1.00 bits per heavy atom. The van der Waals surface area contributed by atoms with Crippen molar-refractivity contribution in [2.75, 3.05) is 0 Å². The minimum absolute atomic E-state index is 0.278. The molecule has 0 spiro atoms. The van der Waals surface area contributed by atoms with E-state index in [-0.39, 0.29) is 5.63 Å². The van der Waals surface area contributed by atoms with Gasteiger partial charge < -0.3 is 4.42 Å². The first kappa shape index (κ1) is 17.5. The third-order valence-electron chi connectivity index (χ3n) is 5.64. The summed E-state index contributed by atoms with van der Waals surface area (Å²) in [5.74, 6) is 0.699. The second-order valence-corrected chi connectivity index (χ2v) is 8.59. The quantitative estimate of drug-likeness (QED) is 0.332. The molecule has 2 aromatic carbocycles. The van der Waals surface area contributed by atoms with Gasteiger partial charge in [-0.25, -0.2) is 9.78 Å². The zero-order valence-corrected chi connectivity index (χ0v) is 16.9. The van der Waals surface area contributed by atoms with Gasteiger partial charge in [0, 0.05) is 22.6 Å². The van der Waals surface area contributed by atoms with Gasteiger partial charge in [0.2, 0.25) is 0 Å². The monoisotopic (exact) mass is 387 g/mol. The van der Waals surface area contributed by atoms with E-state index in [0.717, 1.165) is 34.3 Å². The first-order valence-electron chi connectivity index (χ1n) is 9.67. The van der Waals surface area contributed by atoms with Crippen LogP contribution < -0.4 is 5.63 Å². The fourth-order valence-corrected chi connectivity index (χ4v) is 5.13. The van der Waals surface area contributed by atoms with Crippen molar-refractivity contribution < 1.29 is 4.42 Å². The Morgan fingerprint density at radius 3 is 2.68 bits per heavy atom. The van der Waals surface area contributed by atoms with Crippen LogP contribution in [0.3, 0.4) is 0 Å². The lowest BCUT2D eigenvalue weighted by molar-refractivity contribution is 0.559. The number of pyridine rings is 1. The summed E-state index contributed by atoms with van der Waals surface area (Å²) in [7, 11) is 0. The van der Waals surface area contributed by atoms with Crippen LogP contribution in [0.1, 0.15) is 34.2 Å². The fourth-order valence-electron chi connectivity index (χ4n) is 4.17. The summed E-state index contributed by atoms with van der Waals surface area (Å²) in [6.45, 7) is 4.23. The van der Waals surface area contributed by atoms with Gasteiger partial charge in [-0.1, -0.05) is 18.2 Å². The van der Waals surface area contributed by atoms with Crippen LogP contribution in [-0.4, -0.2) is 4.98 Å². The molecule has 1 aliphatic rings. The first-order valence-corrected chi connectivity index (χ1v) is 10.7. The molecule has 2 heterocycles. The standard InChI is InChI=1S/C24H21NO2S/c1-14-5-3-8-19-15(2)9-22(25-24(14)19)28-13-18-12-23(26)27-21-11-17-7-4-6-16(17)10-20(18)21/h3,5,8-12H,4,6-7,13H2,1-2H3. The topological polar surface area (TPSA) is 43.1 Å². The number of benzene rings is 2. The summed E-state index contributed by atoms with van der Waals surface area (Å²) >= 11 is 1.68. The molecule has 0 fully saturated rings. The molecule has 0 unspecified atom stereocenters. The van der Waals surface area contributed by atoms with Gasteiger partial charge in [0.25, 0.3) is 0 Å². The Kier molecular flexibility index (Phi) is 4.24. The number of hydrogen-bond acceptors (Lipinski definition) is 4. The van der Waals surface area contributed by atoms with Gasteiger partial charge in [0.1, 0.15) is 5.58 Å². The van der Waals surface area contributed by atoms with Gasteiger partial charge in [-0.3, -0.25) is 0 Å². The van der Waals surface area contributed by atoms with Crippen molar-refractivity contribution in [3.8, 4) is 0 Å². The van der Waals surface area contributed by atoms with Crippen LogP contribution in [0.15, 0.2) is 56.7 Å². The van der Waals surface area contributed by atoms with Crippen LogP contribution in [0.25, 0.3) is 21.9 Å². The largest absolute Gasteiger partial charge is 0.423 e. The van der Waals surface area contributed by atoms with Crippen LogP contribution >= 0.6 is 11.8 Å². The summed E-state index contributed by atoms with van der Waals surface area (Å²) in [6.07, 6.45) is 3.37. The molecule has 0 radical (unpaired) electrons. The number of hydrogen-bond donors (Lipinski definition) is 0. The number of fused-ring (bicyclic) bond motifs is 3. The molecule has 4 heteroatoms. The third-order valence-corrected chi connectivity index (χ3v) is 6.60. The fraction of sp³-hybridized carbons (Fsp3) is 0.250. The molecule has 0 saturated heterocycles. The highest BCUT2D eigenvalue weighted by Gasteiger charge is 2.15. The maximum absolute atomic E-state index is 12.1. The zero-order valence-electron chi connectivity index (χ0n) is 16.0. The molecule has 1 aliphatic carbocycles. The van der Waals surface area contributed by atoms with Gasteiger partial charge in [0.15, 0.2) is 0 Å². The normalized spacial score (nSPS) is 13.4. The average Bonchev–Trinajstić information content (AvgIpc) is 3.12. The van der Waals surface area contributed by atoms with Crippen molar-refractivity contribution in [2.45, 2.75) is 43.9 Å². The Bertz CT molecular complexity index is 1290. The molecule has 0 bridgehead atoms. The van der Waals surface area contributed by atoms with E-state index in [4.69, 9.17) is 9.40 Å². The molecule has 5 rings (SSSR count). The van der Waals surface area contributed by atoms with Crippen LogP contribution in [0.5, 0.6) is 0 Å². The van der Waals surface area contributed by atoms with Crippen molar-refractivity contribution in [1.29, 1.82) is 0 Å². The van der Waals surface area contributed by atoms with Gasteiger partial charge in [0.05, 0.1) is 10.5 Å². The molecule has 2 aromatic heterocycles. The van der Waals surface area contributed by atoms with Crippen LogP contribution in [-0.2, 0) is 18.6 Å². The summed E-state index contributed by atoms with van der Waals surface area (Å²) < 4.78 is 5.49. The van der Waals surface area contributed by atoms with Crippen LogP contribution in [0, 0.1) is 13.8 Å². The molecule has 28 heavy (non-hydrogen) atoms. The molecule has 3 nitrogen and oxygen atoms in total. The number of nitrogens with zero attached hydrogens (tertiary/aromatic N) is 1. The van der Waals surface area contributed by atoms with Crippen LogP contribution in [0.4, 0.5) is 0 Å². The molecular formula is C24H21NO2S. The highest BCUT2D eigenvalue weighted by Crippen LogP contribution is 2.32. The molecule has 0 atom stereocenters. The van der Waals surface area contributed by atoms with Gasteiger partial charge in [-0.05, 0) is 79.1 Å². The Labute approximate surface area is 167 Å². The van der Waals surface area contributed by atoms with E-state index in [0.29, 0.717) is 11.3 Å². The van der Waals surface area contributed by atoms with E-state index in [1.165, 1.54) is 34.1 Å². The second kappa shape index (κ2) is 6.78. The van der Waals surface area contributed by atoms with E-state index in [2.05, 4.69) is 50.2 Å². The first-order chi connectivity index (χ1) is 13.6. The van der Waals surface area contributed by atoms with E-state index < -0.39 is 0 Å². The SMILES string of the molecule is Cc1cc(SCc2cc(=O)oc3cc4c(cc23)CCC4)nc2c(C)cccc12. The number of thioether (sulfide) groups is 1. The van der Waals surface area contributed by atoms with Crippen molar-refractivity contribution in [3.63, 3.8) is 0 Å². The van der Waals surface area contributed by atoms with Crippen molar-refractivity contribution in [1.82, 2.24) is 4.98 Å². The van der Waals surface area contributed by atoms with Crippen LogP contribution in [0.2, 0.25) is 0 Å². The lowest BCUT2D eigenvalue weighted by Crippen LogP contribution is -2.01. The highest BCUT2D eigenvalue weighted by atomic mass is 32.2. The minimum atomic E-state index is -0.278. The smallest absolute Gasteiger partial charge is 0.336 e. The molecule has 0 amide bonds. The number of para-hydroxylation sites is 1. The summed E-state index contributed by atoms with van der Waals surface area (Å²) in [6, 6.07) is 14.4. The maximum Gasteiger partial charge on any atom is 0.336 e. The molecule has 0 aliphatic heterocycles. The van der Waals surface area contributed by atoms with Crippen molar-refractivity contribution >= 4 is 33.6 Å². The van der Waals surface area contributed by atoms with Gasteiger partial charge in [-0.2, -0.15) is 0 Å². The van der Waals surface area contributed by atoms with E-state index >= 15 is 0 Å². The third kappa shape index (κ3) is 3.02. The van der Waals surface area contributed by atoms with E-state index in [1.807, 2.05) is 0 Å². The summed E-state index contributed by atoms with van der Waals surface area (Å²) in [5.41, 5.74) is 7.64. The Balaban J connectivity index is 1.53. The molecule has 0 saturated carbocycles. The van der Waals surface area contributed by atoms with Crippen molar-refractivity contribution in [2.24, 2.45) is 0 Å². The van der Waals surface area contributed by atoms with E-state index in [1.54, 1.807) is 17.8 Å². The highest BCUT2D eigenvalue weighted by molar-refractivity contribution is 7.98.